The molecule has 1 aromatic heterocycles. The fraction of sp³-hybridized carbons (Fsp3) is 0.294. The molecule has 3 aromatic carbocycles. The van der Waals surface area contributed by atoms with Gasteiger partial charge >= 0.3 is 0 Å². The van der Waals surface area contributed by atoms with Gasteiger partial charge in [-0.2, -0.15) is 0 Å². The number of carbonyl (C=O) groups is 2. The van der Waals surface area contributed by atoms with E-state index in [0.717, 1.165) is 53.1 Å². The molecule has 1 saturated heterocycles. The Morgan fingerprint density at radius 1 is 1.00 bits per heavy atom. The van der Waals surface area contributed by atoms with E-state index in [1.807, 2.05) is 85.6 Å². The molecule has 6 rings (SSSR count). The molecule has 1 unspecified atom stereocenters. The van der Waals surface area contributed by atoms with Gasteiger partial charge in [0, 0.05) is 47.2 Å². The summed E-state index contributed by atoms with van der Waals surface area (Å²) >= 11 is 6.85. The number of ether oxygens (including phenoxy) is 1. The second-order valence-electron chi connectivity index (χ2n) is 11.2. The third-order valence-electron chi connectivity index (χ3n) is 8.67. The van der Waals surface area contributed by atoms with Crippen molar-refractivity contribution >= 4 is 29.1 Å². The van der Waals surface area contributed by atoms with Crippen molar-refractivity contribution < 1.29 is 14.3 Å². The first-order valence-electron chi connectivity index (χ1n) is 14.2. The van der Waals surface area contributed by atoms with Crippen LogP contribution in [0.15, 0.2) is 72.8 Å². The molecule has 4 aromatic rings. The van der Waals surface area contributed by atoms with Crippen LogP contribution in [0.3, 0.4) is 0 Å². The van der Waals surface area contributed by atoms with Gasteiger partial charge in [0.05, 0.1) is 25.8 Å². The standard InChI is InChI=1S/C34H35ClN4O3/c1-22-31(23-10-6-5-7-11-23)28(35)18-27(32(22)42-4)33(40)39-21-26-14-15-30(34(41)37(3)25-16-17-36(2)20-25)38(26)19-24-12-8-9-13-29(24)39/h5-15,18,25H,16-17,19-21H2,1-4H3. The van der Waals surface area contributed by atoms with Gasteiger partial charge in [0.15, 0.2) is 0 Å². The number of rotatable bonds is 5. The number of likely N-dealkylation sites (tertiary alicyclic amines) is 1. The first kappa shape index (κ1) is 28.1. The maximum absolute atomic E-state index is 14.4. The van der Waals surface area contributed by atoms with E-state index in [1.54, 1.807) is 18.1 Å². The summed E-state index contributed by atoms with van der Waals surface area (Å²) < 4.78 is 7.90. The minimum absolute atomic E-state index is 0.000570. The van der Waals surface area contributed by atoms with Crippen LogP contribution in [0.1, 0.15) is 44.1 Å². The molecule has 0 radical (unpaired) electrons. The predicted molar refractivity (Wildman–Crippen MR) is 167 cm³/mol. The van der Waals surface area contributed by atoms with Crippen LogP contribution in [0.2, 0.25) is 5.02 Å². The highest BCUT2D eigenvalue weighted by atomic mass is 35.5. The molecule has 0 aliphatic carbocycles. The minimum Gasteiger partial charge on any atom is -0.496 e. The molecule has 42 heavy (non-hydrogen) atoms. The van der Waals surface area contributed by atoms with Gasteiger partial charge < -0.3 is 24.0 Å². The Balaban J connectivity index is 1.39. The quantitative estimate of drug-likeness (QED) is 0.285. The maximum Gasteiger partial charge on any atom is 0.270 e. The van der Waals surface area contributed by atoms with Crippen molar-refractivity contribution in [1.82, 2.24) is 14.4 Å². The zero-order valence-corrected chi connectivity index (χ0v) is 25.2. The maximum atomic E-state index is 14.4. The van der Waals surface area contributed by atoms with E-state index in [0.29, 0.717) is 35.1 Å². The molecule has 1 fully saturated rings. The second-order valence-corrected chi connectivity index (χ2v) is 11.6. The monoisotopic (exact) mass is 582 g/mol. The molecule has 3 heterocycles. The Hall–Kier alpha value is -4.07. The lowest BCUT2D eigenvalue weighted by Crippen LogP contribution is -2.39. The van der Waals surface area contributed by atoms with Crippen LogP contribution in [0.4, 0.5) is 5.69 Å². The predicted octanol–water partition coefficient (Wildman–Crippen LogP) is 6.11. The van der Waals surface area contributed by atoms with Crippen LogP contribution in [0, 0.1) is 6.92 Å². The van der Waals surface area contributed by atoms with Gasteiger partial charge in [-0.25, -0.2) is 0 Å². The van der Waals surface area contributed by atoms with Crippen molar-refractivity contribution in [1.29, 1.82) is 0 Å². The Kier molecular flexibility index (Phi) is 7.56. The molecule has 0 bridgehead atoms. The van der Waals surface area contributed by atoms with E-state index in [-0.39, 0.29) is 17.9 Å². The summed E-state index contributed by atoms with van der Waals surface area (Å²) in [5.74, 6) is 0.288. The Morgan fingerprint density at radius 3 is 2.45 bits per heavy atom. The molecule has 2 aliphatic heterocycles. The second kappa shape index (κ2) is 11.3. The Labute approximate surface area is 251 Å². The van der Waals surface area contributed by atoms with Crippen molar-refractivity contribution in [3.8, 4) is 16.9 Å². The smallest absolute Gasteiger partial charge is 0.270 e. The minimum atomic E-state index is -0.211. The van der Waals surface area contributed by atoms with Crippen LogP contribution in [-0.2, 0) is 13.1 Å². The first-order valence-corrected chi connectivity index (χ1v) is 14.6. The number of para-hydroxylation sites is 1. The molecule has 1 atom stereocenters. The van der Waals surface area contributed by atoms with Crippen LogP contribution in [0.25, 0.3) is 11.1 Å². The molecular weight excluding hydrogens is 548 g/mol. The number of aromatic nitrogens is 1. The average molecular weight is 583 g/mol. The molecule has 7 nitrogen and oxygen atoms in total. The highest BCUT2D eigenvalue weighted by Crippen LogP contribution is 2.41. The van der Waals surface area contributed by atoms with E-state index in [4.69, 9.17) is 16.3 Å². The van der Waals surface area contributed by atoms with Crippen LogP contribution >= 0.6 is 11.6 Å². The lowest BCUT2D eigenvalue weighted by Gasteiger charge is -2.25. The summed E-state index contributed by atoms with van der Waals surface area (Å²) in [7, 11) is 5.56. The highest BCUT2D eigenvalue weighted by Gasteiger charge is 2.33. The summed E-state index contributed by atoms with van der Waals surface area (Å²) in [6, 6.07) is 23.5. The number of halogens is 1. The van der Waals surface area contributed by atoms with Crippen molar-refractivity contribution in [3.63, 3.8) is 0 Å². The Morgan fingerprint density at radius 2 is 1.74 bits per heavy atom. The number of amides is 2. The number of likely N-dealkylation sites (N-methyl/N-ethyl adjacent to an activating group) is 2. The molecule has 8 heteroatoms. The number of methoxy groups -OCH3 is 1. The first-order chi connectivity index (χ1) is 20.3. The largest absolute Gasteiger partial charge is 0.496 e. The molecule has 0 spiro atoms. The number of hydrogen-bond acceptors (Lipinski definition) is 4. The number of nitrogens with zero attached hydrogens (tertiary/aromatic N) is 4. The highest BCUT2D eigenvalue weighted by molar-refractivity contribution is 6.34. The van der Waals surface area contributed by atoms with Gasteiger partial charge in [-0.05, 0) is 62.3 Å². The summed E-state index contributed by atoms with van der Waals surface area (Å²) in [5, 5.41) is 0.489. The van der Waals surface area contributed by atoms with E-state index < -0.39 is 0 Å². The number of benzene rings is 3. The average Bonchev–Trinajstić information content (AvgIpc) is 3.57. The van der Waals surface area contributed by atoms with Crippen molar-refractivity contribution in [2.24, 2.45) is 0 Å². The van der Waals surface area contributed by atoms with E-state index in [1.165, 1.54) is 0 Å². The summed E-state index contributed by atoms with van der Waals surface area (Å²) in [6.07, 6.45) is 0.963. The molecule has 0 saturated carbocycles. The van der Waals surface area contributed by atoms with E-state index in [9.17, 15) is 9.59 Å². The SMILES string of the molecule is COc1c(C(=O)N2Cc3ccc(C(=O)N(C)C4CCN(C)C4)n3Cc3ccccc32)cc(Cl)c(-c2ccccc2)c1C. The Bertz CT molecular complexity index is 1670. The zero-order chi connectivity index (χ0) is 29.5. The van der Waals surface area contributed by atoms with Gasteiger partial charge in [0.2, 0.25) is 0 Å². The number of fused-ring (bicyclic) bond motifs is 2. The van der Waals surface area contributed by atoms with Crippen LogP contribution in [0.5, 0.6) is 5.75 Å². The van der Waals surface area contributed by atoms with E-state index >= 15 is 0 Å². The van der Waals surface area contributed by atoms with Crippen molar-refractivity contribution in [2.45, 2.75) is 32.5 Å². The zero-order valence-electron chi connectivity index (χ0n) is 24.4. The fourth-order valence-corrected chi connectivity index (χ4v) is 6.75. The molecular formula is C34H35ClN4O3. The van der Waals surface area contributed by atoms with Gasteiger partial charge in [-0.15, -0.1) is 0 Å². The van der Waals surface area contributed by atoms with Gasteiger partial charge in [-0.3, -0.25) is 9.59 Å². The number of hydrogen-bond donors (Lipinski definition) is 0. The number of anilines is 1. The van der Waals surface area contributed by atoms with Gasteiger partial charge in [-0.1, -0.05) is 60.1 Å². The van der Waals surface area contributed by atoms with Crippen molar-refractivity contribution in [3.05, 3.63) is 106 Å². The lowest BCUT2D eigenvalue weighted by molar-refractivity contribution is 0.0726. The normalized spacial score (nSPS) is 16.5. The van der Waals surface area contributed by atoms with E-state index in [2.05, 4.69) is 16.5 Å². The summed E-state index contributed by atoms with van der Waals surface area (Å²) in [4.78, 5) is 34.0. The van der Waals surface area contributed by atoms with Crippen LogP contribution in [-0.4, -0.2) is 66.5 Å². The molecule has 0 N–H and O–H groups in total. The van der Waals surface area contributed by atoms with Gasteiger partial charge in [0.25, 0.3) is 11.8 Å². The summed E-state index contributed by atoms with van der Waals surface area (Å²) in [6.45, 7) is 4.58. The molecule has 216 valence electrons. The summed E-state index contributed by atoms with van der Waals surface area (Å²) in [5.41, 5.74) is 6.30. The topological polar surface area (TPSA) is 58.0 Å². The van der Waals surface area contributed by atoms with Crippen LogP contribution < -0.4 is 9.64 Å². The number of carbonyl (C=O) groups excluding carboxylic acids is 2. The fourth-order valence-electron chi connectivity index (χ4n) is 6.39. The van der Waals surface area contributed by atoms with Crippen molar-refractivity contribution in [2.75, 3.05) is 39.2 Å². The molecule has 2 aliphatic rings. The van der Waals surface area contributed by atoms with Gasteiger partial charge in [0.1, 0.15) is 11.4 Å². The lowest BCUT2D eigenvalue weighted by atomic mass is 9.96. The molecule has 2 amide bonds. The third-order valence-corrected chi connectivity index (χ3v) is 8.97. The third kappa shape index (κ3) is 4.86.